The Hall–Kier alpha value is -2.36. The van der Waals surface area contributed by atoms with Crippen molar-refractivity contribution >= 4 is 5.97 Å². The summed E-state index contributed by atoms with van der Waals surface area (Å²) in [6, 6.07) is 10.1. The van der Waals surface area contributed by atoms with E-state index < -0.39 is 11.8 Å². The number of halogens is 1. The quantitative estimate of drug-likeness (QED) is 0.803. The minimum Gasteiger partial charge on any atom is -0.489 e. The zero-order valence-electron chi connectivity index (χ0n) is 12.3. The number of ether oxygens (including phenoxy) is 2. The molecular weight excluding hydrogens is 271 g/mol. The Morgan fingerprint density at radius 2 is 1.86 bits per heavy atom. The molecule has 0 heterocycles. The second kappa shape index (κ2) is 6.39. The van der Waals surface area contributed by atoms with Crippen molar-refractivity contribution in [2.24, 2.45) is 0 Å². The average Bonchev–Trinajstić information content (AvgIpc) is 2.48. The summed E-state index contributed by atoms with van der Waals surface area (Å²) in [5, 5.41) is 0. The zero-order chi connectivity index (χ0) is 15.4. The summed E-state index contributed by atoms with van der Waals surface area (Å²) in [5.41, 5.74) is 2.90. The molecule has 4 heteroatoms. The molecule has 21 heavy (non-hydrogen) atoms. The fraction of sp³-hybridized carbons (Fsp3) is 0.235. The van der Waals surface area contributed by atoms with E-state index in [9.17, 15) is 9.18 Å². The molecule has 2 aromatic rings. The van der Waals surface area contributed by atoms with Crippen LogP contribution in [0.5, 0.6) is 5.75 Å². The first kappa shape index (κ1) is 15.0. The Balaban J connectivity index is 2.08. The predicted molar refractivity (Wildman–Crippen MR) is 78.0 cm³/mol. The van der Waals surface area contributed by atoms with Gasteiger partial charge in [-0.3, -0.25) is 0 Å². The molecule has 2 rings (SSSR count). The zero-order valence-corrected chi connectivity index (χ0v) is 12.3. The van der Waals surface area contributed by atoms with E-state index in [-0.39, 0.29) is 12.2 Å². The third-order valence-corrected chi connectivity index (χ3v) is 3.32. The fourth-order valence-electron chi connectivity index (χ4n) is 1.89. The molecule has 0 unspecified atom stereocenters. The molecule has 0 aliphatic heterocycles. The van der Waals surface area contributed by atoms with E-state index in [1.54, 1.807) is 6.07 Å². The maximum Gasteiger partial charge on any atom is 0.340 e. The van der Waals surface area contributed by atoms with E-state index in [2.05, 4.69) is 4.74 Å². The average molecular weight is 288 g/mol. The van der Waals surface area contributed by atoms with Crippen molar-refractivity contribution in [3.05, 3.63) is 64.5 Å². The van der Waals surface area contributed by atoms with Gasteiger partial charge in [-0.05, 0) is 54.8 Å². The van der Waals surface area contributed by atoms with Crippen molar-refractivity contribution in [3.63, 3.8) is 0 Å². The smallest absolute Gasteiger partial charge is 0.340 e. The van der Waals surface area contributed by atoms with E-state index in [1.807, 2.05) is 32.0 Å². The summed E-state index contributed by atoms with van der Waals surface area (Å²) >= 11 is 0. The normalized spacial score (nSPS) is 10.3. The third-order valence-electron chi connectivity index (χ3n) is 3.32. The van der Waals surface area contributed by atoms with Crippen LogP contribution in [0.4, 0.5) is 4.39 Å². The molecule has 2 aromatic carbocycles. The van der Waals surface area contributed by atoms with Gasteiger partial charge in [0.2, 0.25) is 0 Å². The highest BCUT2D eigenvalue weighted by atomic mass is 19.1. The van der Waals surface area contributed by atoms with Crippen molar-refractivity contribution in [2.75, 3.05) is 7.11 Å². The van der Waals surface area contributed by atoms with Crippen LogP contribution >= 0.6 is 0 Å². The number of carbonyl (C=O) groups excluding carboxylic acids is 1. The van der Waals surface area contributed by atoms with Gasteiger partial charge in [0.15, 0.2) is 0 Å². The molecule has 0 spiro atoms. The summed E-state index contributed by atoms with van der Waals surface area (Å²) < 4.78 is 23.9. The second-order valence-corrected chi connectivity index (χ2v) is 4.84. The molecule has 0 amide bonds. The van der Waals surface area contributed by atoms with E-state index in [4.69, 9.17) is 4.74 Å². The second-order valence-electron chi connectivity index (χ2n) is 4.84. The Kier molecular flexibility index (Phi) is 4.58. The lowest BCUT2D eigenvalue weighted by molar-refractivity contribution is 0.0595. The van der Waals surface area contributed by atoms with Gasteiger partial charge in [0.05, 0.1) is 12.7 Å². The van der Waals surface area contributed by atoms with E-state index >= 15 is 0 Å². The van der Waals surface area contributed by atoms with Gasteiger partial charge in [0.25, 0.3) is 0 Å². The molecule has 110 valence electrons. The summed E-state index contributed by atoms with van der Waals surface area (Å²) in [6.07, 6.45) is 0. The minimum atomic E-state index is -0.686. The lowest BCUT2D eigenvalue weighted by Gasteiger charge is -2.09. The number of esters is 1. The van der Waals surface area contributed by atoms with Gasteiger partial charge >= 0.3 is 5.97 Å². The van der Waals surface area contributed by atoms with Crippen LogP contribution in [0.3, 0.4) is 0 Å². The van der Waals surface area contributed by atoms with Crippen LogP contribution in [-0.4, -0.2) is 13.1 Å². The Bertz CT molecular complexity index is 665. The lowest BCUT2D eigenvalue weighted by Crippen LogP contribution is -2.05. The van der Waals surface area contributed by atoms with Gasteiger partial charge in [-0.2, -0.15) is 0 Å². The van der Waals surface area contributed by atoms with Crippen LogP contribution in [0.25, 0.3) is 0 Å². The van der Waals surface area contributed by atoms with Gasteiger partial charge in [0, 0.05) is 0 Å². The van der Waals surface area contributed by atoms with E-state index in [1.165, 1.54) is 24.8 Å². The van der Waals surface area contributed by atoms with Gasteiger partial charge in [0.1, 0.15) is 18.2 Å². The van der Waals surface area contributed by atoms with Crippen LogP contribution in [0.15, 0.2) is 36.4 Å². The van der Waals surface area contributed by atoms with Crippen molar-refractivity contribution in [1.82, 2.24) is 0 Å². The standard InChI is InChI=1S/C17H17FO3/c1-11-4-6-14(8-12(11)2)21-10-13-5-7-15(16(18)9-13)17(19)20-3/h4-9H,10H2,1-3H3. The van der Waals surface area contributed by atoms with Gasteiger partial charge in [-0.1, -0.05) is 12.1 Å². The van der Waals surface area contributed by atoms with Crippen LogP contribution in [0.1, 0.15) is 27.0 Å². The molecule has 0 atom stereocenters. The fourth-order valence-corrected chi connectivity index (χ4v) is 1.89. The Morgan fingerprint density at radius 1 is 1.10 bits per heavy atom. The maximum atomic E-state index is 13.8. The molecule has 0 bridgehead atoms. The molecule has 0 radical (unpaired) electrons. The molecule has 3 nitrogen and oxygen atoms in total. The third kappa shape index (κ3) is 3.60. The van der Waals surface area contributed by atoms with Crippen molar-refractivity contribution < 1.29 is 18.7 Å². The molecule has 0 saturated carbocycles. The summed E-state index contributed by atoms with van der Waals surface area (Å²) in [5.74, 6) is -0.562. The van der Waals surface area contributed by atoms with Crippen molar-refractivity contribution in [2.45, 2.75) is 20.5 Å². The van der Waals surface area contributed by atoms with Crippen molar-refractivity contribution in [1.29, 1.82) is 0 Å². The summed E-state index contributed by atoms with van der Waals surface area (Å²) in [4.78, 5) is 11.3. The molecule has 0 fully saturated rings. The molecule has 0 aliphatic rings. The van der Waals surface area contributed by atoms with Gasteiger partial charge < -0.3 is 9.47 Å². The first-order valence-corrected chi connectivity index (χ1v) is 6.58. The number of methoxy groups -OCH3 is 1. The Labute approximate surface area is 123 Å². The van der Waals surface area contributed by atoms with E-state index in [0.29, 0.717) is 5.56 Å². The van der Waals surface area contributed by atoms with E-state index in [0.717, 1.165) is 11.3 Å². The van der Waals surface area contributed by atoms with Gasteiger partial charge in [-0.15, -0.1) is 0 Å². The number of carbonyl (C=O) groups is 1. The first-order chi connectivity index (χ1) is 10.0. The summed E-state index contributed by atoms with van der Waals surface area (Å²) in [6.45, 7) is 4.27. The number of aryl methyl sites for hydroxylation is 2. The number of rotatable bonds is 4. The van der Waals surface area contributed by atoms with Crippen LogP contribution in [-0.2, 0) is 11.3 Å². The number of hydrogen-bond acceptors (Lipinski definition) is 3. The molecular formula is C17H17FO3. The Morgan fingerprint density at radius 3 is 2.48 bits per heavy atom. The monoisotopic (exact) mass is 288 g/mol. The molecule has 0 N–H and O–H groups in total. The predicted octanol–water partition coefficient (Wildman–Crippen LogP) is 3.81. The van der Waals surface area contributed by atoms with Gasteiger partial charge in [-0.25, -0.2) is 9.18 Å². The number of hydrogen-bond donors (Lipinski definition) is 0. The van der Waals surface area contributed by atoms with Crippen LogP contribution < -0.4 is 4.74 Å². The van der Waals surface area contributed by atoms with Crippen LogP contribution in [0.2, 0.25) is 0 Å². The lowest BCUT2D eigenvalue weighted by atomic mass is 10.1. The largest absolute Gasteiger partial charge is 0.489 e. The molecule has 0 saturated heterocycles. The first-order valence-electron chi connectivity index (χ1n) is 6.58. The SMILES string of the molecule is COC(=O)c1ccc(COc2ccc(C)c(C)c2)cc1F. The molecule has 0 aliphatic carbocycles. The van der Waals surface area contributed by atoms with Crippen molar-refractivity contribution in [3.8, 4) is 5.75 Å². The minimum absolute atomic E-state index is 0.0765. The molecule has 0 aromatic heterocycles. The number of benzene rings is 2. The topological polar surface area (TPSA) is 35.5 Å². The highest BCUT2D eigenvalue weighted by Gasteiger charge is 2.12. The summed E-state index contributed by atoms with van der Waals surface area (Å²) in [7, 11) is 1.22. The highest BCUT2D eigenvalue weighted by Crippen LogP contribution is 2.19. The maximum absolute atomic E-state index is 13.8. The highest BCUT2D eigenvalue weighted by molar-refractivity contribution is 5.89. The van der Waals surface area contributed by atoms with Crippen LogP contribution in [0, 0.1) is 19.7 Å².